The van der Waals surface area contributed by atoms with Gasteiger partial charge in [-0.1, -0.05) is 6.42 Å². The van der Waals surface area contributed by atoms with E-state index in [0.717, 1.165) is 37.9 Å². The molecular weight excluding hydrogens is 273 g/mol. The summed E-state index contributed by atoms with van der Waals surface area (Å²) in [5, 5.41) is 2.90. The molecule has 0 aliphatic carbocycles. The van der Waals surface area contributed by atoms with Gasteiger partial charge in [0.1, 0.15) is 11.4 Å². The molecule has 2 atom stereocenters. The molecule has 114 valence electrons. The third-order valence-electron chi connectivity index (χ3n) is 4.79. The van der Waals surface area contributed by atoms with Gasteiger partial charge in [0, 0.05) is 24.3 Å². The van der Waals surface area contributed by atoms with E-state index in [4.69, 9.17) is 0 Å². The minimum Gasteiger partial charge on any atom is -0.349 e. The summed E-state index contributed by atoms with van der Waals surface area (Å²) < 4.78 is 13.2. The summed E-state index contributed by atoms with van der Waals surface area (Å²) >= 11 is 0. The van der Waals surface area contributed by atoms with Crippen LogP contribution >= 0.6 is 0 Å². The molecule has 0 aromatic carbocycles. The summed E-state index contributed by atoms with van der Waals surface area (Å²) in [6, 6.07) is 2.04. The Morgan fingerprint density at radius 1 is 1.38 bits per heavy atom. The molecule has 3 rings (SSSR count). The molecule has 1 amide bonds. The van der Waals surface area contributed by atoms with Crippen molar-refractivity contribution in [3.8, 4) is 0 Å². The highest BCUT2D eigenvalue weighted by Crippen LogP contribution is 2.32. The zero-order chi connectivity index (χ0) is 15.0. The molecule has 2 aliphatic heterocycles. The van der Waals surface area contributed by atoms with E-state index < -0.39 is 17.3 Å². The van der Waals surface area contributed by atoms with Gasteiger partial charge in [0.25, 0.3) is 11.5 Å². The van der Waals surface area contributed by atoms with Gasteiger partial charge in [0.05, 0.1) is 0 Å². The fourth-order valence-electron chi connectivity index (χ4n) is 3.62. The summed E-state index contributed by atoms with van der Waals surface area (Å²) in [5.74, 6) is -1.09. The van der Waals surface area contributed by atoms with Gasteiger partial charge in [-0.05, 0) is 38.8 Å². The fraction of sp³-hybridized carbons (Fsp3) is 0.600. The SMILES string of the molecule is CN1C2CCCC1CC(NC(=O)c1cc(F)c[nH]c1=O)C2. The third kappa shape index (κ3) is 2.85. The van der Waals surface area contributed by atoms with Gasteiger partial charge >= 0.3 is 0 Å². The molecule has 6 heteroatoms. The smallest absolute Gasteiger partial charge is 0.260 e. The Bertz CT molecular complexity index is 587. The van der Waals surface area contributed by atoms with Crippen molar-refractivity contribution >= 4 is 5.91 Å². The Hall–Kier alpha value is -1.69. The van der Waals surface area contributed by atoms with Crippen molar-refractivity contribution in [3.63, 3.8) is 0 Å². The summed E-state index contributed by atoms with van der Waals surface area (Å²) in [6.07, 6.45) is 6.29. The predicted molar refractivity (Wildman–Crippen MR) is 76.7 cm³/mol. The van der Waals surface area contributed by atoms with Crippen LogP contribution in [0, 0.1) is 5.82 Å². The zero-order valence-corrected chi connectivity index (χ0v) is 12.1. The topological polar surface area (TPSA) is 65.2 Å². The number of piperidine rings is 2. The van der Waals surface area contributed by atoms with Crippen molar-refractivity contribution < 1.29 is 9.18 Å². The number of hydrogen-bond acceptors (Lipinski definition) is 3. The maximum Gasteiger partial charge on any atom is 0.260 e. The normalized spacial score (nSPS) is 29.1. The van der Waals surface area contributed by atoms with Gasteiger partial charge in [0.2, 0.25) is 0 Å². The Morgan fingerprint density at radius 2 is 2.05 bits per heavy atom. The largest absolute Gasteiger partial charge is 0.349 e. The number of H-pyrrole nitrogens is 1. The molecule has 5 nitrogen and oxygen atoms in total. The highest BCUT2D eigenvalue weighted by Gasteiger charge is 2.36. The van der Waals surface area contributed by atoms with Gasteiger partial charge in [-0.2, -0.15) is 0 Å². The molecule has 0 spiro atoms. The van der Waals surface area contributed by atoms with E-state index >= 15 is 0 Å². The van der Waals surface area contributed by atoms with Crippen molar-refractivity contribution in [2.24, 2.45) is 0 Å². The van der Waals surface area contributed by atoms with Crippen LogP contribution in [0.2, 0.25) is 0 Å². The van der Waals surface area contributed by atoms with Crippen LogP contribution < -0.4 is 10.9 Å². The van der Waals surface area contributed by atoms with Crippen LogP contribution in [-0.2, 0) is 0 Å². The molecule has 0 radical (unpaired) electrons. The molecule has 2 bridgehead atoms. The lowest BCUT2D eigenvalue weighted by molar-refractivity contribution is 0.0462. The third-order valence-corrected chi connectivity index (χ3v) is 4.79. The molecule has 2 aliphatic rings. The Morgan fingerprint density at radius 3 is 2.71 bits per heavy atom. The van der Waals surface area contributed by atoms with Crippen LogP contribution in [0.5, 0.6) is 0 Å². The lowest BCUT2D eigenvalue weighted by Crippen LogP contribution is -2.55. The Kier molecular flexibility index (Phi) is 3.80. The van der Waals surface area contributed by atoms with E-state index in [9.17, 15) is 14.0 Å². The number of nitrogens with one attached hydrogen (secondary N) is 2. The first-order chi connectivity index (χ1) is 10.0. The number of amides is 1. The van der Waals surface area contributed by atoms with E-state index in [2.05, 4.69) is 22.2 Å². The van der Waals surface area contributed by atoms with Crippen molar-refractivity contribution in [1.29, 1.82) is 0 Å². The monoisotopic (exact) mass is 293 g/mol. The average Bonchev–Trinajstić information content (AvgIpc) is 2.42. The Labute approximate surface area is 122 Å². The highest BCUT2D eigenvalue weighted by atomic mass is 19.1. The van der Waals surface area contributed by atoms with Crippen LogP contribution in [0.15, 0.2) is 17.1 Å². The van der Waals surface area contributed by atoms with Crippen molar-refractivity contribution in [2.75, 3.05) is 7.05 Å². The quantitative estimate of drug-likeness (QED) is 0.863. The summed E-state index contributed by atoms with van der Waals surface area (Å²) in [4.78, 5) is 28.4. The van der Waals surface area contributed by atoms with Crippen LogP contribution in [0.25, 0.3) is 0 Å². The number of aromatic nitrogens is 1. The molecule has 21 heavy (non-hydrogen) atoms. The van der Waals surface area contributed by atoms with Crippen molar-refractivity contribution in [3.05, 3.63) is 34.0 Å². The van der Waals surface area contributed by atoms with Crippen LogP contribution in [0.3, 0.4) is 0 Å². The number of aromatic amines is 1. The zero-order valence-electron chi connectivity index (χ0n) is 12.1. The molecule has 1 aromatic rings. The second kappa shape index (κ2) is 5.60. The molecule has 1 aromatic heterocycles. The molecule has 0 saturated carbocycles. The van der Waals surface area contributed by atoms with Gasteiger partial charge in [-0.25, -0.2) is 4.39 Å². The summed E-state index contributed by atoms with van der Waals surface area (Å²) in [7, 11) is 2.14. The molecule has 2 N–H and O–H groups in total. The van der Waals surface area contributed by atoms with Crippen LogP contribution in [0.1, 0.15) is 42.5 Å². The lowest BCUT2D eigenvalue weighted by atomic mass is 9.82. The number of rotatable bonds is 2. The number of pyridine rings is 1. The van der Waals surface area contributed by atoms with Crippen LogP contribution in [0.4, 0.5) is 4.39 Å². The van der Waals surface area contributed by atoms with Gasteiger partial charge in [0.15, 0.2) is 0 Å². The van der Waals surface area contributed by atoms with E-state index in [0.29, 0.717) is 12.1 Å². The lowest BCUT2D eigenvalue weighted by Gasteiger charge is -2.47. The van der Waals surface area contributed by atoms with Gasteiger partial charge in [-0.15, -0.1) is 0 Å². The molecular formula is C15H20FN3O2. The van der Waals surface area contributed by atoms with Crippen molar-refractivity contribution in [1.82, 2.24) is 15.2 Å². The van der Waals surface area contributed by atoms with Crippen LogP contribution in [-0.4, -0.2) is 41.0 Å². The first-order valence-corrected chi connectivity index (χ1v) is 7.45. The number of hydrogen-bond donors (Lipinski definition) is 2. The fourth-order valence-corrected chi connectivity index (χ4v) is 3.62. The number of nitrogens with zero attached hydrogens (tertiary/aromatic N) is 1. The first-order valence-electron chi connectivity index (χ1n) is 7.45. The van der Waals surface area contributed by atoms with E-state index in [1.165, 1.54) is 6.42 Å². The summed E-state index contributed by atoms with van der Waals surface area (Å²) in [6.45, 7) is 0. The predicted octanol–water partition coefficient (Wildman–Crippen LogP) is 1.26. The average molecular weight is 293 g/mol. The number of carbonyl (C=O) groups is 1. The molecule has 2 fully saturated rings. The molecule has 2 unspecified atom stereocenters. The second-order valence-corrected chi connectivity index (χ2v) is 6.11. The van der Waals surface area contributed by atoms with E-state index in [1.807, 2.05) is 0 Å². The minimum absolute atomic E-state index is 0.0617. The minimum atomic E-state index is -0.611. The highest BCUT2D eigenvalue weighted by molar-refractivity contribution is 5.93. The van der Waals surface area contributed by atoms with Gasteiger partial charge in [-0.3, -0.25) is 9.59 Å². The number of carbonyl (C=O) groups excluding carboxylic acids is 1. The maximum atomic E-state index is 13.2. The standard InChI is InChI=1S/C15H20FN3O2/c1-19-11-3-2-4-12(19)7-10(6-11)18-15(21)13-5-9(16)8-17-14(13)20/h5,8,10-12H,2-4,6-7H2,1H3,(H,17,20)(H,18,21). The molecule has 3 heterocycles. The van der Waals surface area contributed by atoms with E-state index in [1.54, 1.807) is 0 Å². The molecule has 2 saturated heterocycles. The second-order valence-electron chi connectivity index (χ2n) is 6.11. The Balaban J connectivity index is 1.71. The van der Waals surface area contributed by atoms with E-state index in [-0.39, 0.29) is 11.6 Å². The van der Waals surface area contributed by atoms with Crippen molar-refractivity contribution in [2.45, 2.75) is 50.2 Å². The number of fused-ring (bicyclic) bond motifs is 2. The maximum absolute atomic E-state index is 13.2. The summed E-state index contributed by atoms with van der Waals surface area (Å²) in [5.41, 5.74) is -0.707. The number of halogens is 1. The van der Waals surface area contributed by atoms with Gasteiger partial charge < -0.3 is 15.2 Å². The first kappa shape index (κ1) is 14.3.